The lowest BCUT2D eigenvalue weighted by atomic mass is 10.1. The van der Waals surface area contributed by atoms with Crippen LogP contribution in [0.3, 0.4) is 0 Å². The fraction of sp³-hybridized carbons (Fsp3) is 0.346. The van der Waals surface area contributed by atoms with E-state index in [1.807, 2.05) is 172 Å². The fourth-order valence-electron chi connectivity index (χ4n) is 13.2. The maximum Gasteiger partial charge on any atom is 0.268 e. The third-order valence-electron chi connectivity index (χ3n) is 20.1. The van der Waals surface area contributed by atoms with E-state index in [0.29, 0.717) is 127 Å². The molecule has 0 fully saturated rings. The van der Waals surface area contributed by atoms with Crippen LogP contribution in [0.5, 0.6) is 57.5 Å². The first kappa shape index (κ1) is 112. The second kappa shape index (κ2) is 57.8. The summed E-state index contributed by atoms with van der Waals surface area (Å²) in [5, 5.41) is 32.0. The molecule has 0 aliphatic heterocycles. The van der Waals surface area contributed by atoms with Crippen molar-refractivity contribution in [2.45, 2.75) is 170 Å². The van der Waals surface area contributed by atoms with Gasteiger partial charge in [-0.05, 0) is 220 Å². The van der Waals surface area contributed by atoms with Crippen LogP contribution >= 0.6 is 0 Å². The first-order chi connectivity index (χ1) is 65.6. The third-order valence-corrected chi connectivity index (χ3v) is 25.7. The monoisotopic (exact) mass is 1970 g/mol. The van der Waals surface area contributed by atoms with Gasteiger partial charge in [-0.25, -0.2) is 58.4 Å². The van der Waals surface area contributed by atoms with Crippen LogP contribution in [0.2, 0.25) is 0 Å². The Kier molecular flexibility index (Phi) is 47.2. The highest BCUT2D eigenvalue weighted by molar-refractivity contribution is 7.92. The van der Waals surface area contributed by atoms with Gasteiger partial charge in [0.2, 0.25) is 0 Å². The molecule has 0 aliphatic rings. The minimum Gasteiger partial charge on any atom is -0.454 e. The molecule has 0 saturated heterocycles. The number of para-hydroxylation sites is 4. The van der Waals surface area contributed by atoms with Crippen LogP contribution < -0.4 is 76.9 Å². The summed E-state index contributed by atoms with van der Waals surface area (Å²) >= 11 is 0. The van der Waals surface area contributed by atoms with Gasteiger partial charge in [0, 0.05) is 102 Å². The summed E-state index contributed by atoms with van der Waals surface area (Å²) in [6.45, 7) is 31.8. The van der Waals surface area contributed by atoms with E-state index in [4.69, 9.17) is 30.3 Å². The SMILES string of the molecule is CCCCNc1cc(C(=O)NCC)cc(S(C)(=O)=O)c1Oc1ccccc1.CCCCNc1cc(CNCC)cc(S(C)(=O)=O)c1Oc1ccccc1.CCCCNc1cc(CNCCC)cc(S(C)(=O)=O)c1Oc1ccccc1.CCNCc1cc(NCc2ccccc2)c(Oc2ccc(F)cc2)c(S(C)(=O)=O)c1.[C-]#[N+]CNCc1cc(NCCCC)c(Oc2ccccc2)c(S(C)(=O)=O)c1. The number of hydrogen-bond acceptors (Lipinski definition) is 25. The second-order valence-electron chi connectivity index (χ2n) is 32.1. The van der Waals surface area contributed by atoms with Crippen LogP contribution in [0.1, 0.15) is 151 Å². The molecule has 0 radical (unpaired) electrons. The number of unbranched alkanes of at least 4 members (excludes halogenated alkanes) is 4. The van der Waals surface area contributed by atoms with Crippen molar-refractivity contribution >= 4 is 83.5 Å². The molecule has 0 saturated carbocycles. The lowest BCUT2D eigenvalue weighted by Gasteiger charge is -2.18. The van der Waals surface area contributed by atoms with E-state index in [-0.39, 0.29) is 54.1 Å². The number of anilines is 5. The number of nitrogens with one attached hydrogen (secondary N) is 10. The Morgan fingerprint density at radius 3 is 0.861 bits per heavy atom. The van der Waals surface area contributed by atoms with E-state index < -0.39 is 55.0 Å². The van der Waals surface area contributed by atoms with E-state index in [1.165, 1.54) is 49.1 Å². The van der Waals surface area contributed by atoms with Gasteiger partial charge in [-0.2, -0.15) is 0 Å². The van der Waals surface area contributed by atoms with Gasteiger partial charge in [-0.15, -0.1) is 0 Å². The number of halogens is 1. The first-order valence-electron chi connectivity index (χ1n) is 46.0. The zero-order valence-corrected chi connectivity index (χ0v) is 84.8. The lowest BCUT2D eigenvalue weighted by molar-refractivity contribution is 0.0955. The number of rotatable bonds is 49. The van der Waals surface area contributed by atoms with Crippen molar-refractivity contribution in [3.63, 3.8) is 0 Å². The molecule has 137 heavy (non-hydrogen) atoms. The molecule has 0 bridgehead atoms. The summed E-state index contributed by atoms with van der Waals surface area (Å²) in [6.07, 6.45) is 14.9. The molecule has 10 N–H and O–H groups in total. The maximum atomic E-state index is 13.3. The van der Waals surface area contributed by atoms with Gasteiger partial charge in [-0.1, -0.05) is 177 Å². The van der Waals surface area contributed by atoms with Crippen LogP contribution in [0.15, 0.2) is 261 Å². The molecule has 0 atom stereocenters. The zero-order chi connectivity index (χ0) is 99.8. The van der Waals surface area contributed by atoms with Crippen LogP contribution in [-0.2, 0) is 81.9 Å². The highest BCUT2D eigenvalue weighted by atomic mass is 32.2. The molecule has 11 rings (SSSR count). The molecule has 0 spiro atoms. The molecule has 33 heteroatoms. The predicted molar refractivity (Wildman–Crippen MR) is 551 cm³/mol. The highest BCUT2D eigenvalue weighted by Gasteiger charge is 2.28. The fourth-order valence-corrected chi connectivity index (χ4v) is 17.5. The molecule has 0 aliphatic carbocycles. The largest absolute Gasteiger partial charge is 0.454 e. The topological polar surface area (TPSA) is 359 Å². The van der Waals surface area contributed by atoms with Gasteiger partial charge in [-0.3, -0.25) is 9.64 Å². The van der Waals surface area contributed by atoms with Gasteiger partial charge in [0.25, 0.3) is 12.6 Å². The van der Waals surface area contributed by atoms with Crippen molar-refractivity contribution in [3.8, 4) is 57.5 Å². The van der Waals surface area contributed by atoms with E-state index in [2.05, 4.69) is 92.6 Å². The van der Waals surface area contributed by atoms with E-state index >= 15 is 0 Å². The van der Waals surface area contributed by atoms with Gasteiger partial charge < -0.3 is 71.5 Å². The summed E-state index contributed by atoms with van der Waals surface area (Å²) < 4.78 is 168. The zero-order valence-electron chi connectivity index (χ0n) is 80.7. The number of carbonyl (C=O) groups is 1. The maximum absolute atomic E-state index is 13.3. The summed E-state index contributed by atoms with van der Waals surface area (Å²) in [4.78, 5) is 16.2. The number of ether oxygens (including phenoxy) is 5. The second-order valence-corrected chi connectivity index (χ2v) is 42.0. The van der Waals surface area contributed by atoms with Crippen molar-refractivity contribution in [1.29, 1.82) is 0 Å². The summed E-state index contributed by atoms with van der Waals surface area (Å²) in [6, 6.07) is 69.1. The number of hydrogen-bond donors (Lipinski definition) is 10. The minimum absolute atomic E-state index is 0.0193. The van der Waals surface area contributed by atoms with E-state index in [0.717, 1.165) is 131 Å². The third kappa shape index (κ3) is 38.8. The van der Waals surface area contributed by atoms with Crippen molar-refractivity contribution in [1.82, 2.24) is 26.6 Å². The first-order valence-corrected chi connectivity index (χ1v) is 55.4. The molecule has 1 amide bonds. The molecule has 0 heterocycles. The predicted octanol–water partition coefficient (Wildman–Crippen LogP) is 21.4. The van der Waals surface area contributed by atoms with Gasteiger partial charge in [0.05, 0.1) is 28.4 Å². The Balaban J connectivity index is 0.000000233. The molecule has 27 nitrogen and oxygen atoms in total. The highest BCUT2D eigenvalue weighted by Crippen LogP contribution is 2.44. The van der Waals surface area contributed by atoms with Crippen LogP contribution in [0.25, 0.3) is 4.85 Å². The molecule has 11 aromatic rings. The van der Waals surface area contributed by atoms with Crippen molar-refractivity contribution in [2.24, 2.45) is 0 Å². The smallest absolute Gasteiger partial charge is 0.268 e. The minimum atomic E-state index is -3.62. The number of amides is 1. The molecule has 738 valence electrons. The number of carbonyl (C=O) groups excluding carboxylic acids is 1. The molecule has 11 aromatic carbocycles. The molecule has 0 unspecified atom stereocenters. The van der Waals surface area contributed by atoms with Gasteiger partial charge >= 0.3 is 0 Å². The summed E-state index contributed by atoms with van der Waals surface area (Å²) in [5.74, 6) is 3.35. The van der Waals surface area contributed by atoms with E-state index in [1.54, 1.807) is 54.6 Å². The van der Waals surface area contributed by atoms with Crippen LogP contribution in [0, 0.1) is 12.4 Å². The van der Waals surface area contributed by atoms with Crippen molar-refractivity contribution < 1.29 is 75.0 Å². The van der Waals surface area contributed by atoms with E-state index in [9.17, 15) is 51.3 Å². The average Bonchev–Trinajstić information content (AvgIpc) is 0.806. The van der Waals surface area contributed by atoms with Crippen molar-refractivity contribution in [2.75, 3.05) is 117 Å². The quantitative estimate of drug-likeness (QED) is 0.0125. The Labute approximate surface area is 811 Å². The molecular formula is C104H134FN11O16S5. The molecule has 0 aromatic heterocycles. The van der Waals surface area contributed by atoms with Crippen LogP contribution in [0.4, 0.5) is 32.8 Å². The summed E-state index contributed by atoms with van der Waals surface area (Å²) in [5.41, 5.74) is 7.83. The van der Waals surface area contributed by atoms with Gasteiger partial charge in [0.15, 0.2) is 77.9 Å². The lowest BCUT2D eigenvalue weighted by Crippen LogP contribution is -2.23. The Bertz CT molecular complexity index is 6240. The van der Waals surface area contributed by atoms with Gasteiger partial charge in [0.1, 0.15) is 59.0 Å². The number of nitrogens with zero attached hydrogens (tertiary/aromatic N) is 1. The molecular weight excluding hydrogens is 1840 g/mol. The number of benzene rings is 11. The Morgan fingerprint density at radius 2 is 0.577 bits per heavy atom. The van der Waals surface area contributed by atoms with Crippen LogP contribution in [-0.4, -0.2) is 138 Å². The average molecular weight is 1970 g/mol. The summed E-state index contributed by atoms with van der Waals surface area (Å²) in [7, 11) is -17.6. The normalized spacial score (nSPS) is 11.2. The standard InChI is InChI=1S/C23H25FN2O3S.C21H30N2O3S.C20H25N3O3S.C20H26N2O4S.C20H28N2O3S/c1-3-25-15-18-13-21(26-16-17-7-5-4-6-8-17)23(22(14-18)30(2,27)28)29-20-11-9-19(24)10-12-20;1-4-6-13-23-19-14-17(16-22-12-5-2)15-20(27(3,24)25)21(19)26-18-10-8-7-9-11-18;1-4-5-11-23-18-12-16(14-22-15-21-2)13-19(27(3,24)25)20(18)26-17-9-7-6-8-10-17;1-4-6-12-22-17-13-15(20(23)21-5-2)14-18(27(3,24)25)19(17)26-16-10-8-7-9-11-16;1-4-6-12-22-18-13-16(15-21-5-2)14-19(26(3,23)24)20(18)25-17-10-8-7-9-11-17/h4-14,25-26H,3,15-16H2,1-2H3;7-11,14-15,22-23H,4-6,12-13,16H2,1-3H3;6-10,12-13,22-23H,4-5,11,14-15H2,1,3H3;7-11,13-14,22H,4-6,12H2,1-3H3,(H,21,23);7-11,13-14,21-22H,4-6,12,15H2,1-3H3. The number of sulfone groups is 5. The Hall–Kier alpha value is -12.1. The van der Waals surface area contributed by atoms with Crippen molar-refractivity contribution in [3.05, 3.63) is 287 Å². The Morgan fingerprint density at radius 1 is 0.299 bits per heavy atom.